The van der Waals surface area contributed by atoms with Crippen molar-refractivity contribution in [3.8, 4) is 11.3 Å². The topological polar surface area (TPSA) is 25.8 Å². The van der Waals surface area contributed by atoms with Crippen molar-refractivity contribution >= 4 is 36.9 Å². The van der Waals surface area contributed by atoms with Gasteiger partial charge in [0.1, 0.15) is 0 Å². The third kappa shape index (κ3) is 6.93. The van der Waals surface area contributed by atoms with Gasteiger partial charge in [-0.3, -0.25) is 0 Å². The minimum atomic E-state index is 0.137. The third-order valence-electron chi connectivity index (χ3n) is 7.28. The van der Waals surface area contributed by atoms with Crippen LogP contribution >= 0.6 is 9.24 Å². The summed E-state index contributed by atoms with van der Waals surface area (Å²) in [6, 6.07) is 14.7. The van der Waals surface area contributed by atoms with Crippen LogP contribution in [0.3, 0.4) is 0 Å². The number of allylic oxidation sites excluding steroid dienone is 8. The lowest BCUT2D eigenvalue weighted by Crippen LogP contribution is -2.09. The Labute approximate surface area is 226 Å². The molecule has 0 aliphatic carbocycles. The van der Waals surface area contributed by atoms with Crippen LogP contribution in [0.1, 0.15) is 80.4 Å². The van der Waals surface area contributed by atoms with Crippen LogP contribution in [0.2, 0.25) is 0 Å². The second kappa shape index (κ2) is 11.3. The van der Waals surface area contributed by atoms with Gasteiger partial charge in [-0.2, -0.15) is 0 Å². The van der Waals surface area contributed by atoms with Crippen molar-refractivity contribution < 1.29 is 0 Å². The number of benzene rings is 2. The van der Waals surface area contributed by atoms with Crippen LogP contribution < -0.4 is 5.44 Å². The minimum absolute atomic E-state index is 0.137. The van der Waals surface area contributed by atoms with Gasteiger partial charge in [0.15, 0.2) is 0 Å². The van der Waals surface area contributed by atoms with E-state index >= 15 is 0 Å². The van der Waals surface area contributed by atoms with Crippen molar-refractivity contribution in [1.82, 2.24) is 9.97 Å². The van der Waals surface area contributed by atoms with Crippen LogP contribution in [-0.4, -0.2) is 9.97 Å². The highest BCUT2D eigenvalue weighted by Crippen LogP contribution is 2.32. The second-order valence-corrected chi connectivity index (χ2v) is 12.6. The van der Waals surface area contributed by atoms with Gasteiger partial charge in [-0.15, -0.1) is 0 Å². The van der Waals surface area contributed by atoms with E-state index in [1.54, 1.807) is 0 Å². The molecule has 3 rings (SSSR count). The fraction of sp³-hybridized carbons (Fsp3) is 0.353. The molecule has 2 aromatic carbocycles. The number of fused-ring (bicyclic) bond motifs is 1. The Bertz CT molecular complexity index is 1410. The largest absolute Gasteiger partial charge is 0.244 e. The maximum Gasteiger partial charge on any atom is 0.0976 e. The third-order valence-corrected chi connectivity index (χ3v) is 7.68. The summed E-state index contributed by atoms with van der Waals surface area (Å²) in [5.74, 6) is 0. The molecule has 3 aromatic rings. The fourth-order valence-corrected chi connectivity index (χ4v) is 4.13. The lowest BCUT2D eigenvalue weighted by atomic mass is 9.87. The van der Waals surface area contributed by atoms with E-state index in [0.717, 1.165) is 38.9 Å². The van der Waals surface area contributed by atoms with Crippen LogP contribution in [0.25, 0.3) is 33.4 Å². The van der Waals surface area contributed by atoms with E-state index in [1.807, 2.05) is 18.2 Å². The maximum absolute atomic E-state index is 5.23. The molecule has 1 heterocycles. The normalized spacial score (nSPS) is 14.5. The summed E-state index contributed by atoms with van der Waals surface area (Å²) < 4.78 is 0. The highest BCUT2D eigenvalue weighted by atomic mass is 31.0. The molecule has 0 fully saturated rings. The number of rotatable bonds is 5. The van der Waals surface area contributed by atoms with Gasteiger partial charge in [0.2, 0.25) is 0 Å². The lowest BCUT2D eigenvalue weighted by molar-refractivity contribution is 0.504. The Morgan fingerprint density at radius 2 is 1.05 bits per heavy atom. The van der Waals surface area contributed by atoms with Crippen LogP contribution in [0.15, 0.2) is 77.9 Å². The monoisotopic (exact) mass is 510 g/mol. The van der Waals surface area contributed by atoms with Crippen molar-refractivity contribution in [3.63, 3.8) is 0 Å². The van der Waals surface area contributed by atoms with E-state index in [1.165, 1.54) is 22.3 Å². The van der Waals surface area contributed by atoms with E-state index in [4.69, 9.17) is 9.97 Å². The van der Waals surface area contributed by atoms with Crippen LogP contribution in [0.4, 0.5) is 0 Å². The quantitative estimate of drug-likeness (QED) is 0.252. The first-order chi connectivity index (χ1) is 17.2. The first-order valence-corrected chi connectivity index (χ1v) is 13.7. The second-order valence-electron chi connectivity index (χ2n) is 12.1. The number of hydrogen-bond donors (Lipinski definition) is 0. The van der Waals surface area contributed by atoms with E-state index in [-0.39, 0.29) is 10.8 Å². The molecule has 0 amide bonds. The van der Waals surface area contributed by atoms with Crippen LogP contribution in [0, 0.1) is 10.8 Å². The number of nitrogens with zero attached hydrogens (tertiary/aromatic N) is 2. The van der Waals surface area contributed by atoms with Gasteiger partial charge < -0.3 is 0 Å². The molecule has 37 heavy (non-hydrogen) atoms. The van der Waals surface area contributed by atoms with E-state index < -0.39 is 0 Å². The minimum Gasteiger partial charge on any atom is -0.244 e. The Kier molecular flexibility index (Phi) is 8.76. The Morgan fingerprint density at radius 1 is 0.622 bits per heavy atom. The van der Waals surface area contributed by atoms with Gasteiger partial charge >= 0.3 is 0 Å². The maximum atomic E-state index is 5.23. The van der Waals surface area contributed by atoms with E-state index in [9.17, 15) is 0 Å². The standard InChI is InChI=1S/C34H43N2P/c1-22(16-18-24(3)33(5,6)7)27-20-21-28(23(2)17-19-25(4)34(8,9)10)31-30(27)35-29(32(37)36-31)26-14-12-11-13-15-26/h11-21H,37H2,1-10H3/b22-16+,23-17+,24-18+,25-19+. The highest BCUT2D eigenvalue weighted by molar-refractivity contribution is 7.27. The molecule has 1 aromatic heterocycles. The Morgan fingerprint density at radius 3 is 1.49 bits per heavy atom. The van der Waals surface area contributed by atoms with Crippen LogP contribution in [0.5, 0.6) is 0 Å². The summed E-state index contributed by atoms with van der Waals surface area (Å²) in [4.78, 5) is 10.4. The molecule has 3 heteroatoms. The molecular formula is C34H43N2P. The van der Waals surface area contributed by atoms with Crippen molar-refractivity contribution in [2.45, 2.75) is 69.2 Å². The van der Waals surface area contributed by atoms with Gasteiger partial charge in [0.05, 0.1) is 22.2 Å². The predicted molar refractivity (Wildman–Crippen MR) is 168 cm³/mol. The molecule has 0 aliphatic rings. The molecule has 2 nitrogen and oxygen atoms in total. The summed E-state index contributed by atoms with van der Waals surface area (Å²) in [5.41, 5.74) is 12.2. The molecule has 0 aliphatic heterocycles. The molecule has 194 valence electrons. The summed E-state index contributed by atoms with van der Waals surface area (Å²) >= 11 is 0. The SMILES string of the molecule is C/C(=C\C=C(/C)C(C)(C)C)c1ccc(/C(C)=C/C=C(\C)C(C)(C)C)c2nc(-c3ccccc3)c(P)nc12. The number of aromatic nitrogens is 2. The van der Waals surface area contributed by atoms with Gasteiger partial charge in [-0.05, 0) is 49.7 Å². The van der Waals surface area contributed by atoms with Gasteiger partial charge in [-0.1, -0.05) is 129 Å². The average Bonchev–Trinajstić information content (AvgIpc) is 2.83. The molecule has 0 bridgehead atoms. The Hall–Kier alpha value is -2.83. The predicted octanol–water partition coefficient (Wildman–Crippen LogP) is 9.59. The van der Waals surface area contributed by atoms with Gasteiger partial charge in [-0.25, -0.2) is 9.97 Å². The van der Waals surface area contributed by atoms with Crippen molar-refractivity contribution in [1.29, 1.82) is 0 Å². The smallest absolute Gasteiger partial charge is 0.0976 e. The van der Waals surface area contributed by atoms with Crippen molar-refractivity contribution in [2.24, 2.45) is 10.8 Å². The molecule has 1 unspecified atom stereocenters. The summed E-state index contributed by atoms with van der Waals surface area (Å²) in [5, 5.41) is 0. The van der Waals surface area contributed by atoms with E-state index in [0.29, 0.717) is 0 Å². The van der Waals surface area contributed by atoms with Gasteiger partial charge in [0.25, 0.3) is 0 Å². The zero-order valence-electron chi connectivity index (χ0n) is 24.3. The molecule has 0 N–H and O–H groups in total. The first kappa shape index (κ1) is 28.7. The summed E-state index contributed by atoms with van der Waals surface area (Å²) in [6.07, 6.45) is 8.89. The Balaban J connectivity index is 2.28. The fourth-order valence-electron chi connectivity index (χ4n) is 3.77. The average molecular weight is 511 g/mol. The van der Waals surface area contributed by atoms with E-state index in [2.05, 4.69) is 127 Å². The van der Waals surface area contributed by atoms with Crippen LogP contribution in [-0.2, 0) is 0 Å². The molecule has 0 spiro atoms. The molecule has 0 saturated carbocycles. The number of hydrogen-bond acceptors (Lipinski definition) is 2. The summed E-state index contributed by atoms with van der Waals surface area (Å²) in [7, 11) is 2.80. The van der Waals surface area contributed by atoms with Gasteiger partial charge in [0, 0.05) is 16.7 Å². The molecule has 1 atom stereocenters. The zero-order chi connectivity index (χ0) is 27.5. The first-order valence-electron chi connectivity index (χ1n) is 13.1. The van der Waals surface area contributed by atoms with Crippen molar-refractivity contribution in [3.05, 3.63) is 89.0 Å². The highest BCUT2D eigenvalue weighted by Gasteiger charge is 2.17. The lowest BCUT2D eigenvalue weighted by Gasteiger charge is -2.19. The molecular weight excluding hydrogens is 467 g/mol. The molecule has 0 saturated heterocycles. The van der Waals surface area contributed by atoms with Crippen molar-refractivity contribution in [2.75, 3.05) is 0 Å². The summed E-state index contributed by atoms with van der Waals surface area (Å²) in [6.45, 7) is 22.2. The zero-order valence-corrected chi connectivity index (χ0v) is 25.5. The molecule has 0 radical (unpaired) electrons.